The monoisotopic (exact) mass is 437 g/mol. The summed E-state index contributed by atoms with van der Waals surface area (Å²) in [6, 6.07) is 9.69. The molecule has 0 atom stereocenters. The van der Waals surface area contributed by atoms with Gasteiger partial charge >= 0.3 is 0 Å². The minimum Gasteiger partial charge on any atom is -0.496 e. The van der Waals surface area contributed by atoms with Crippen LogP contribution in [-0.4, -0.2) is 22.6 Å². The van der Waals surface area contributed by atoms with Crippen LogP contribution in [0.2, 0.25) is 0 Å². The number of hydrogen-bond donors (Lipinski definition) is 0. The van der Waals surface area contributed by atoms with Gasteiger partial charge in [-0.1, -0.05) is 36.7 Å². The molecule has 0 aliphatic heterocycles. The van der Waals surface area contributed by atoms with Gasteiger partial charge < -0.3 is 4.74 Å². The lowest BCUT2D eigenvalue weighted by Gasteiger charge is -2.17. The average molecular weight is 438 g/mol. The molecule has 2 heterocycles. The molecule has 142 valence electrons. The van der Waals surface area contributed by atoms with E-state index in [-0.39, 0.29) is 5.91 Å². The Morgan fingerprint density at radius 1 is 1.32 bits per heavy atom. The molecule has 0 fully saturated rings. The number of carbonyl (C=O) groups is 1. The van der Waals surface area contributed by atoms with Crippen molar-refractivity contribution in [3.63, 3.8) is 0 Å². The van der Waals surface area contributed by atoms with Crippen LogP contribution in [0.3, 0.4) is 0 Å². The topological polar surface area (TPSA) is 67.9 Å². The number of fused-ring (bicyclic) bond motifs is 1. The molecule has 0 saturated carbocycles. The molecule has 0 aliphatic carbocycles. The highest BCUT2D eigenvalue weighted by Crippen LogP contribution is 2.33. The highest BCUT2D eigenvalue weighted by molar-refractivity contribution is 9.10. The fourth-order valence-electron chi connectivity index (χ4n) is 2.96. The molecule has 2 aromatic heterocycles. The summed E-state index contributed by atoms with van der Waals surface area (Å²) in [5, 5.41) is 10.7. The SMILES string of the molecule is COc1ccncc1C=C(C#N)c1cn(C(=O)C(C)(C)C)c2ccc(Br)cc12. The van der Waals surface area contributed by atoms with Crippen molar-refractivity contribution in [3.05, 3.63) is 58.5 Å². The summed E-state index contributed by atoms with van der Waals surface area (Å²) < 4.78 is 7.86. The van der Waals surface area contributed by atoms with E-state index in [2.05, 4.69) is 27.0 Å². The Hall–Kier alpha value is -2.91. The van der Waals surface area contributed by atoms with E-state index in [4.69, 9.17) is 4.74 Å². The molecule has 0 radical (unpaired) electrons. The summed E-state index contributed by atoms with van der Waals surface area (Å²) in [7, 11) is 1.57. The number of ether oxygens (including phenoxy) is 1. The molecule has 0 saturated heterocycles. The van der Waals surface area contributed by atoms with Crippen LogP contribution in [0.5, 0.6) is 5.75 Å². The fraction of sp³-hybridized carbons (Fsp3) is 0.227. The maximum Gasteiger partial charge on any atom is 0.236 e. The van der Waals surface area contributed by atoms with Crippen LogP contribution < -0.4 is 4.74 Å². The predicted octanol–water partition coefficient (Wildman–Crippen LogP) is 5.56. The highest BCUT2D eigenvalue weighted by atomic mass is 79.9. The van der Waals surface area contributed by atoms with Crippen molar-refractivity contribution in [1.82, 2.24) is 9.55 Å². The summed E-state index contributed by atoms with van der Waals surface area (Å²) in [6.45, 7) is 5.63. The van der Waals surface area contributed by atoms with E-state index in [1.54, 1.807) is 42.4 Å². The third kappa shape index (κ3) is 3.71. The summed E-state index contributed by atoms with van der Waals surface area (Å²) in [6.07, 6.45) is 6.74. The Kier molecular flexibility index (Phi) is 5.39. The van der Waals surface area contributed by atoms with Crippen LogP contribution in [0.15, 0.2) is 47.3 Å². The Balaban J connectivity index is 2.27. The largest absolute Gasteiger partial charge is 0.496 e. The Morgan fingerprint density at radius 3 is 2.71 bits per heavy atom. The third-order valence-electron chi connectivity index (χ3n) is 4.37. The van der Waals surface area contributed by atoms with Crippen molar-refractivity contribution in [3.8, 4) is 11.8 Å². The molecular formula is C22H20BrN3O2. The summed E-state index contributed by atoms with van der Waals surface area (Å²) >= 11 is 3.49. The number of benzene rings is 1. The Morgan fingerprint density at radius 2 is 2.07 bits per heavy atom. The van der Waals surface area contributed by atoms with E-state index in [0.717, 1.165) is 15.4 Å². The van der Waals surface area contributed by atoms with Crippen LogP contribution in [-0.2, 0) is 0 Å². The van der Waals surface area contributed by atoms with Gasteiger partial charge in [0.05, 0.1) is 24.3 Å². The zero-order valence-electron chi connectivity index (χ0n) is 16.2. The number of nitrogens with zero attached hydrogens (tertiary/aromatic N) is 3. The zero-order valence-corrected chi connectivity index (χ0v) is 17.7. The number of halogens is 1. The summed E-state index contributed by atoms with van der Waals surface area (Å²) in [5.74, 6) is 0.584. The van der Waals surface area contributed by atoms with Gasteiger partial charge in [0.25, 0.3) is 0 Å². The molecule has 28 heavy (non-hydrogen) atoms. The highest BCUT2D eigenvalue weighted by Gasteiger charge is 2.26. The van der Waals surface area contributed by atoms with Crippen LogP contribution in [0.1, 0.15) is 36.7 Å². The van der Waals surface area contributed by atoms with Crippen LogP contribution in [0, 0.1) is 16.7 Å². The lowest BCUT2D eigenvalue weighted by Crippen LogP contribution is -2.26. The molecule has 0 amide bonds. The first kappa shape index (κ1) is 19.8. The molecule has 0 N–H and O–H groups in total. The molecule has 5 nitrogen and oxygen atoms in total. The molecule has 0 aliphatic rings. The number of pyridine rings is 1. The van der Waals surface area contributed by atoms with E-state index in [9.17, 15) is 10.1 Å². The number of methoxy groups -OCH3 is 1. The zero-order chi connectivity index (χ0) is 20.5. The van der Waals surface area contributed by atoms with E-state index in [1.807, 2.05) is 39.0 Å². The minimum absolute atomic E-state index is 0.0395. The van der Waals surface area contributed by atoms with Crippen molar-refractivity contribution in [1.29, 1.82) is 5.26 Å². The normalized spacial score (nSPS) is 12.1. The van der Waals surface area contributed by atoms with Gasteiger partial charge in [0, 0.05) is 45.0 Å². The van der Waals surface area contributed by atoms with Gasteiger partial charge in [-0.15, -0.1) is 0 Å². The molecule has 1 aromatic carbocycles. The van der Waals surface area contributed by atoms with Gasteiger partial charge in [-0.05, 0) is 30.3 Å². The van der Waals surface area contributed by atoms with E-state index >= 15 is 0 Å². The van der Waals surface area contributed by atoms with Crippen molar-refractivity contribution in [2.45, 2.75) is 20.8 Å². The molecular weight excluding hydrogens is 418 g/mol. The number of aromatic nitrogens is 2. The molecule has 3 rings (SSSR count). The minimum atomic E-state index is -0.556. The summed E-state index contributed by atoms with van der Waals surface area (Å²) in [5.41, 5.74) is 2.01. The second-order valence-electron chi connectivity index (χ2n) is 7.42. The van der Waals surface area contributed by atoms with Gasteiger partial charge in [-0.2, -0.15) is 5.26 Å². The second kappa shape index (κ2) is 7.61. The number of rotatable bonds is 3. The second-order valence-corrected chi connectivity index (χ2v) is 8.33. The maximum absolute atomic E-state index is 13.0. The lowest BCUT2D eigenvalue weighted by atomic mass is 9.95. The van der Waals surface area contributed by atoms with Gasteiger partial charge in [-0.25, -0.2) is 0 Å². The van der Waals surface area contributed by atoms with Crippen LogP contribution in [0.25, 0.3) is 22.6 Å². The molecule has 0 bridgehead atoms. The lowest BCUT2D eigenvalue weighted by molar-refractivity contribution is 0.0772. The van der Waals surface area contributed by atoms with Crippen molar-refractivity contribution < 1.29 is 9.53 Å². The Bertz CT molecular complexity index is 1130. The van der Waals surface area contributed by atoms with Gasteiger partial charge in [0.1, 0.15) is 5.75 Å². The van der Waals surface area contributed by atoms with Crippen LogP contribution in [0.4, 0.5) is 0 Å². The number of carbonyl (C=O) groups excluding carboxylic acids is 1. The fourth-order valence-corrected chi connectivity index (χ4v) is 3.32. The van der Waals surface area contributed by atoms with Crippen LogP contribution >= 0.6 is 15.9 Å². The van der Waals surface area contributed by atoms with Crippen molar-refractivity contribution in [2.24, 2.45) is 5.41 Å². The number of hydrogen-bond acceptors (Lipinski definition) is 4. The third-order valence-corrected chi connectivity index (χ3v) is 4.86. The van der Waals surface area contributed by atoms with Gasteiger partial charge in [0.2, 0.25) is 5.91 Å². The Labute approximate surface area is 172 Å². The number of allylic oxidation sites excluding steroid dienone is 1. The molecule has 3 aromatic rings. The van der Waals surface area contributed by atoms with E-state index in [0.29, 0.717) is 22.4 Å². The van der Waals surface area contributed by atoms with E-state index in [1.165, 1.54) is 0 Å². The number of nitriles is 1. The quantitative estimate of drug-likeness (QED) is 0.503. The van der Waals surface area contributed by atoms with Crippen molar-refractivity contribution in [2.75, 3.05) is 7.11 Å². The first-order valence-corrected chi connectivity index (χ1v) is 9.51. The summed E-state index contributed by atoms with van der Waals surface area (Å²) in [4.78, 5) is 17.1. The average Bonchev–Trinajstić information content (AvgIpc) is 3.03. The molecule has 6 heteroatoms. The van der Waals surface area contributed by atoms with Crippen molar-refractivity contribution >= 4 is 44.4 Å². The molecule has 0 unspecified atom stereocenters. The first-order valence-electron chi connectivity index (χ1n) is 8.72. The maximum atomic E-state index is 13.0. The van der Waals surface area contributed by atoms with Gasteiger partial charge in [-0.3, -0.25) is 14.3 Å². The van der Waals surface area contributed by atoms with Gasteiger partial charge in [0.15, 0.2) is 0 Å². The first-order chi connectivity index (χ1) is 13.3. The predicted molar refractivity (Wildman–Crippen MR) is 114 cm³/mol. The standard InChI is InChI=1S/C22H20BrN3O2/c1-22(2,3)21(27)26-13-18(17-10-16(23)5-6-19(17)26)14(11-24)9-15-12-25-8-7-20(15)28-4/h5-10,12-13H,1-4H3. The smallest absolute Gasteiger partial charge is 0.236 e. The molecule has 0 spiro atoms. The van der Waals surface area contributed by atoms with E-state index < -0.39 is 5.41 Å².